The van der Waals surface area contributed by atoms with Crippen molar-refractivity contribution in [2.24, 2.45) is 0 Å². The van der Waals surface area contributed by atoms with Gasteiger partial charge in [-0.15, -0.1) is 0 Å². The van der Waals surface area contributed by atoms with Crippen LogP contribution in [0.3, 0.4) is 0 Å². The molecule has 0 unspecified atom stereocenters. The van der Waals surface area contributed by atoms with Crippen LogP contribution in [0.15, 0.2) is 78.9 Å². The van der Waals surface area contributed by atoms with Gasteiger partial charge in [-0.1, -0.05) is 77.8 Å². The number of allylic oxidation sites excluding steroid dienone is 1. The quantitative estimate of drug-likeness (QED) is 0.612. The van der Waals surface area contributed by atoms with E-state index in [-0.39, 0.29) is 12.2 Å². The first kappa shape index (κ1) is 18.0. The summed E-state index contributed by atoms with van der Waals surface area (Å²) in [4.78, 5) is 13.0. The minimum atomic E-state index is -1.43. The van der Waals surface area contributed by atoms with Crippen molar-refractivity contribution in [2.45, 2.75) is 12.0 Å². The smallest absolute Gasteiger partial charge is 0.167 e. The molecule has 1 aliphatic carbocycles. The minimum absolute atomic E-state index is 0.0170. The zero-order chi connectivity index (χ0) is 19.0. The summed E-state index contributed by atoms with van der Waals surface area (Å²) in [5.41, 5.74) is 1.89. The fourth-order valence-electron chi connectivity index (χ4n) is 3.64. The summed E-state index contributed by atoms with van der Waals surface area (Å²) in [6.45, 7) is 0. The Kier molecular flexibility index (Phi) is 4.65. The lowest BCUT2D eigenvalue weighted by Crippen LogP contribution is -2.25. The Bertz CT molecular complexity index is 1020. The maximum absolute atomic E-state index is 13.0. The van der Waals surface area contributed by atoms with Crippen LogP contribution in [0.5, 0.6) is 0 Å². The predicted octanol–water partition coefficient (Wildman–Crippen LogP) is 5.76. The summed E-state index contributed by atoms with van der Waals surface area (Å²) in [5, 5.41) is 12.9. The van der Waals surface area contributed by atoms with E-state index in [4.69, 9.17) is 23.2 Å². The van der Waals surface area contributed by atoms with Crippen LogP contribution in [0.1, 0.15) is 23.1 Å². The molecule has 0 aromatic heterocycles. The zero-order valence-electron chi connectivity index (χ0n) is 14.3. The topological polar surface area (TPSA) is 37.3 Å². The maximum Gasteiger partial charge on any atom is 0.167 e. The summed E-state index contributed by atoms with van der Waals surface area (Å²) < 4.78 is 0. The number of carbonyl (C=O) groups is 1. The number of carbonyl (C=O) groups excluding carboxylic acids is 1. The van der Waals surface area contributed by atoms with Gasteiger partial charge < -0.3 is 5.11 Å². The van der Waals surface area contributed by atoms with E-state index in [2.05, 4.69) is 0 Å². The molecule has 0 saturated heterocycles. The van der Waals surface area contributed by atoms with E-state index >= 15 is 0 Å². The lowest BCUT2D eigenvalue weighted by molar-refractivity contribution is -0.115. The Morgan fingerprint density at radius 1 is 0.741 bits per heavy atom. The van der Waals surface area contributed by atoms with Crippen LogP contribution < -0.4 is 0 Å². The normalized spacial score (nSPS) is 19.6. The van der Waals surface area contributed by atoms with Gasteiger partial charge in [-0.25, -0.2) is 0 Å². The molecule has 0 amide bonds. The first-order valence-electron chi connectivity index (χ1n) is 8.57. The number of ketones is 1. The van der Waals surface area contributed by atoms with E-state index in [0.29, 0.717) is 26.8 Å². The fourth-order valence-corrected chi connectivity index (χ4v) is 3.89. The van der Waals surface area contributed by atoms with Crippen LogP contribution >= 0.6 is 23.2 Å². The van der Waals surface area contributed by atoms with E-state index < -0.39 is 5.60 Å². The molecule has 0 fully saturated rings. The number of rotatable bonds is 3. The van der Waals surface area contributed by atoms with E-state index in [1.165, 1.54) is 0 Å². The summed E-state index contributed by atoms with van der Waals surface area (Å²) in [6.07, 6.45) is -0.0170. The largest absolute Gasteiger partial charge is 0.380 e. The van der Waals surface area contributed by atoms with E-state index in [0.717, 1.165) is 11.1 Å². The van der Waals surface area contributed by atoms with Gasteiger partial charge >= 0.3 is 0 Å². The Morgan fingerprint density at radius 3 is 1.89 bits per heavy atom. The van der Waals surface area contributed by atoms with Crippen LogP contribution in [-0.4, -0.2) is 10.9 Å². The molecule has 1 N–H and O–H groups in total. The Morgan fingerprint density at radius 2 is 1.30 bits per heavy atom. The van der Waals surface area contributed by atoms with Gasteiger partial charge in [0.2, 0.25) is 0 Å². The van der Waals surface area contributed by atoms with Gasteiger partial charge in [-0.2, -0.15) is 0 Å². The summed E-state index contributed by atoms with van der Waals surface area (Å²) in [5.74, 6) is -0.0939. The lowest BCUT2D eigenvalue weighted by atomic mass is 9.82. The number of hydrogen-bond acceptors (Lipinski definition) is 2. The molecule has 4 heteroatoms. The Balaban J connectivity index is 1.99. The standard InChI is InChI=1S/C23H16Cl2O2/c24-18-10-6-16(7-11-18)22-21(15-4-2-1-3-5-15)20(26)14-23(22,27)17-8-12-19(25)13-9-17/h1-13,27H,14H2/t23-/m1/s1. The molecule has 2 nitrogen and oxygen atoms in total. The Labute approximate surface area is 167 Å². The average Bonchev–Trinajstić information content (AvgIpc) is 2.95. The molecule has 0 saturated carbocycles. The van der Waals surface area contributed by atoms with Crippen molar-refractivity contribution in [1.29, 1.82) is 0 Å². The van der Waals surface area contributed by atoms with Crippen LogP contribution in [-0.2, 0) is 10.4 Å². The highest BCUT2D eigenvalue weighted by Crippen LogP contribution is 2.50. The second-order valence-electron chi connectivity index (χ2n) is 6.59. The van der Waals surface area contributed by atoms with Crippen molar-refractivity contribution in [3.05, 3.63) is 106 Å². The molecule has 27 heavy (non-hydrogen) atoms. The predicted molar refractivity (Wildman–Crippen MR) is 110 cm³/mol. The van der Waals surface area contributed by atoms with Crippen molar-refractivity contribution < 1.29 is 9.90 Å². The van der Waals surface area contributed by atoms with Crippen LogP contribution in [0.4, 0.5) is 0 Å². The number of hydrogen-bond donors (Lipinski definition) is 1. The lowest BCUT2D eigenvalue weighted by Gasteiger charge is -2.27. The molecule has 1 atom stereocenters. The van der Waals surface area contributed by atoms with Crippen LogP contribution in [0, 0.1) is 0 Å². The molecule has 0 aliphatic heterocycles. The molecule has 4 rings (SSSR count). The summed E-state index contributed by atoms with van der Waals surface area (Å²) in [6, 6.07) is 23.6. The summed E-state index contributed by atoms with van der Waals surface area (Å²) >= 11 is 12.1. The van der Waals surface area contributed by atoms with Crippen molar-refractivity contribution >= 4 is 40.1 Å². The second-order valence-corrected chi connectivity index (χ2v) is 7.46. The molecule has 134 valence electrons. The van der Waals surface area contributed by atoms with Gasteiger partial charge in [0.25, 0.3) is 0 Å². The highest BCUT2D eigenvalue weighted by Gasteiger charge is 2.46. The number of benzene rings is 3. The molecular weight excluding hydrogens is 379 g/mol. The first-order chi connectivity index (χ1) is 13.0. The summed E-state index contributed by atoms with van der Waals surface area (Å²) in [7, 11) is 0. The monoisotopic (exact) mass is 394 g/mol. The SMILES string of the molecule is O=C1C[C@@](O)(c2ccc(Cl)cc2)C(c2ccc(Cl)cc2)=C1c1ccccc1. The molecular formula is C23H16Cl2O2. The van der Waals surface area contributed by atoms with Gasteiger partial charge in [0.05, 0.1) is 0 Å². The van der Waals surface area contributed by atoms with Gasteiger partial charge in [0, 0.05) is 27.6 Å². The highest BCUT2D eigenvalue weighted by atomic mass is 35.5. The maximum atomic E-state index is 13.0. The molecule has 0 heterocycles. The van der Waals surface area contributed by atoms with Crippen LogP contribution in [0.25, 0.3) is 11.1 Å². The van der Waals surface area contributed by atoms with Crippen molar-refractivity contribution in [3.8, 4) is 0 Å². The number of halogens is 2. The number of aliphatic hydroxyl groups is 1. The second kappa shape index (κ2) is 6.97. The van der Waals surface area contributed by atoms with Gasteiger partial charge in [-0.3, -0.25) is 4.79 Å². The molecule has 0 spiro atoms. The zero-order valence-corrected chi connectivity index (χ0v) is 15.8. The van der Waals surface area contributed by atoms with Crippen molar-refractivity contribution in [1.82, 2.24) is 0 Å². The van der Waals surface area contributed by atoms with Gasteiger partial charge in [-0.05, 0) is 41.0 Å². The highest BCUT2D eigenvalue weighted by molar-refractivity contribution is 6.33. The number of Topliss-reactive ketones (excluding diaryl/α,β-unsaturated/α-hetero) is 1. The first-order valence-corrected chi connectivity index (χ1v) is 9.32. The molecule has 1 aliphatic rings. The molecule has 0 bridgehead atoms. The van der Waals surface area contributed by atoms with Gasteiger partial charge in [0.15, 0.2) is 5.78 Å². The van der Waals surface area contributed by atoms with Crippen LogP contribution in [0.2, 0.25) is 10.0 Å². The van der Waals surface area contributed by atoms with Gasteiger partial charge in [0.1, 0.15) is 5.60 Å². The molecule has 3 aromatic rings. The average molecular weight is 395 g/mol. The van der Waals surface area contributed by atoms with Crippen molar-refractivity contribution in [2.75, 3.05) is 0 Å². The third-order valence-electron chi connectivity index (χ3n) is 4.88. The van der Waals surface area contributed by atoms with E-state index in [1.54, 1.807) is 36.4 Å². The fraction of sp³-hybridized carbons (Fsp3) is 0.0870. The molecule has 3 aromatic carbocycles. The van der Waals surface area contributed by atoms with Crippen molar-refractivity contribution in [3.63, 3.8) is 0 Å². The van der Waals surface area contributed by atoms with E-state index in [9.17, 15) is 9.90 Å². The Hall–Kier alpha value is -2.39. The molecule has 0 radical (unpaired) electrons. The van der Waals surface area contributed by atoms with E-state index in [1.807, 2.05) is 42.5 Å². The third kappa shape index (κ3) is 3.21. The minimum Gasteiger partial charge on any atom is -0.380 e. The third-order valence-corrected chi connectivity index (χ3v) is 5.38.